The summed E-state index contributed by atoms with van der Waals surface area (Å²) in [6, 6.07) is 15.9. The molecule has 5 heteroatoms. The first-order chi connectivity index (χ1) is 12.3. The van der Waals surface area contributed by atoms with Crippen LogP contribution in [0.4, 0.5) is 0 Å². The van der Waals surface area contributed by atoms with Gasteiger partial charge in [0.25, 0.3) is 11.1 Å². The predicted molar refractivity (Wildman–Crippen MR) is 108 cm³/mol. The van der Waals surface area contributed by atoms with Gasteiger partial charge < -0.3 is 0 Å². The molecule has 6 aromatic rings. The molecule has 0 aliphatic carbocycles. The highest BCUT2D eigenvalue weighted by molar-refractivity contribution is 7.75. The number of H-pyrrole nitrogens is 1. The van der Waals surface area contributed by atoms with Crippen LogP contribution in [0.1, 0.15) is 0 Å². The Morgan fingerprint density at radius 3 is 1.48 bits per heavy atom. The maximum atomic E-state index is 12.7. The van der Waals surface area contributed by atoms with Crippen LogP contribution in [0.3, 0.4) is 0 Å². The van der Waals surface area contributed by atoms with Crippen molar-refractivity contribution in [1.82, 2.24) is 4.98 Å². The van der Waals surface area contributed by atoms with Gasteiger partial charge in [-0.2, -0.15) is 0 Å². The van der Waals surface area contributed by atoms with Crippen molar-refractivity contribution in [3.8, 4) is 0 Å². The number of hydrogen-bond donors (Lipinski definition) is 1. The molecule has 0 amide bonds. The molecule has 0 unspecified atom stereocenters. The van der Waals surface area contributed by atoms with Gasteiger partial charge >= 0.3 is 0 Å². The third-order valence-corrected chi connectivity index (χ3v) is 7.49. The molecule has 0 aliphatic heterocycles. The molecule has 0 bridgehead atoms. The first-order valence-corrected chi connectivity index (χ1v) is 10.0. The fraction of sp³-hybridized carbons (Fsp3) is 0. The smallest absolute Gasteiger partial charge is 0.259 e. The summed E-state index contributed by atoms with van der Waals surface area (Å²) in [6.45, 7) is 0. The molecule has 2 aromatic heterocycles. The molecule has 0 spiro atoms. The van der Waals surface area contributed by atoms with Gasteiger partial charge in [-0.05, 0) is 10.8 Å². The Morgan fingerprint density at radius 2 is 1.00 bits per heavy atom. The molecule has 1 N–H and O–H groups in total. The van der Waals surface area contributed by atoms with Gasteiger partial charge in [0, 0.05) is 21.5 Å². The van der Waals surface area contributed by atoms with Crippen molar-refractivity contribution in [3.63, 3.8) is 0 Å². The SMILES string of the molecule is O=c1[nH]c(=O)c2c3ccccc3c3ssc4c5ccccc5c1c2c43. The quantitative estimate of drug-likeness (QED) is 0.234. The molecule has 0 saturated carbocycles. The Kier molecular flexibility index (Phi) is 2.40. The van der Waals surface area contributed by atoms with Crippen molar-refractivity contribution in [2.24, 2.45) is 0 Å². The molecule has 25 heavy (non-hydrogen) atoms. The summed E-state index contributed by atoms with van der Waals surface area (Å²) in [5, 5.41) is 7.09. The van der Waals surface area contributed by atoms with Crippen molar-refractivity contribution in [2.75, 3.05) is 0 Å². The summed E-state index contributed by atoms with van der Waals surface area (Å²) in [5.41, 5.74) is -0.605. The van der Waals surface area contributed by atoms with E-state index < -0.39 is 0 Å². The normalized spacial score (nSPS) is 12.3. The van der Waals surface area contributed by atoms with Gasteiger partial charge in [0.1, 0.15) is 0 Å². The van der Waals surface area contributed by atoms with E-state index in [0.29, 0.717) is 10.8 Å². The fourth-order valence-corrected chi connectivity index (χ4v) is 6.88. The summed E-state index contributed by atoms with van der Waals surface area (Å²) in [6.07, 6.45) is 0. The molecule has 0 radical (unpaired) electrons. The van der Waals surface area contributed by atoms with E-state index in [1.54, 1.807) is 20.7 Å². The molecule has 0 fully saturated rings. The maximum Gasteiger partial charge on any atom is 0.259 e. The zero-order chi connectivity index (χ0) is 16.7. The van der Waals surface area contributed by atoms with E-state index in [1.165, 1.54) is 0 Å². The van der Waals surface area contributed by atoms with Gasteiger partial charge in [0.05, 0.1) is 20.2 Å². The summed E-state index contributed by atoms with van der Waals surface area (Å²) < 4.78 is 2.31. The molecule has 0 atom stereocenters. The Balaban J connectivity index is 2.22. The lowest BCUT2D eigenvalue weighted by Crippen LogP contribution is -2.20. The van der Waals surface area contributed by atoms with Crippen LogP contribution in [0, 0.1) is 0 Å². The molecule has 4 aromatic carbocycles. The summed E-state index contributed by atoms with van der Waals surface area (Å²) in [4.78, 5) is 28.0. The second-order valence-corrected chi connectivity index (χ2v) is 8.35. The number of aromatic amines is 1. The van der Waals surface area contributed by atoms with E-state index in [0.717, 1.165) is 41.7 Å². The number of aromatic nitrogens is 1. The second kappa shape index (κ2) is 4.45. The highest BCUT2D eigenvalue weighted by Crippen LogP contribution is 2.47. The monoisotopic (exact) mass is 359 g/mol. The fourth-order valence-electron chi connectivity index (χ4n) is 4.00. The average Bonchev–Trinajstić information content (AvgIpc) is 3.08. The zero-order valence-electron chi connectivity index (χ0n) is 12.8. The van der Waals surface area contributed by atoms with Gasteiger partial charge in [-0.15, -0.1) is 0 Å². The summed E-state index contributed by atoms with van der Waals surface area (Å²) in [7, 11) is 3.44. The lowest BCUT2D eigenvalue weighted by Gasteiger charge is -2.11. The first kappa shape index (κ1) is 13.5. The molecular weight excluding hydrogens is 350 g/mol. The number of fused-ring (bicyclic) bond motifs is 6. The zero-order valence-corrected chi connectivity index (χ0v) is 14.4. The minimum atomic E-state index is -0.302. The van der Waals surface area contributed by atoms with Gasteiger partial charge in [-0.25, -0.2) is 0 Å². The van der Waals surface area contributed by atoms with E-state index in [2.05, 4.69) is 17.1 Å². The molecule has 6 rings (SSSR count). The first-order valence-electron chi connectivity index (χ1n) is 7.89. The topological polar surface area (TPSA) is 49.9 Å². The molecular formula is C20H9NO2S2. The highest BCUT2D eigenvalue weighted by atomic mass is 32.9. The lowest BCUT2D eigenvalue weighted by atomic mass is 9.93. The molecule has 3 nitrogen and oxygen atoms in total. The van der Waals surface area contributed by atoms with Crippen molar-refractivity contribution >= 4 is 73.2 Å². The molecule has 0 saturated heterocycles. The Labute approximate surface area is 147 Å². The van der Waals surface area contributed by atoms with E-state index in [1.807, 2.05) is 36.4 Å². The van der Waals surface area contributed by atoms with Crippen molar-refractivity contribution in [2.45, 2.75) is 0 Å². The average molecular weight is 359 g/mol. The summed E-state index contributed by atoms with van der Waals surface area (Å²) in [5.74, 6) is 0. The van der Waals surface area contributed by atoms with Gasteiger partial charge in [0.15, 0.2) is 0 Å². The van der Waals surface area contributed by atoms with E-state index in [4.69, 9.17) is 0 Å². The van der Waals surface area contributed by atoms with E-state index in [-0.39, 0.29) is 11.1 Å². The number of nitrogens with one attached hydrogen (secondary N) is 1. The highest BCUT2D eigenvalue weighted by Gasteiger charge is 2.21. The predicted octanol–water partition coefficient (Wildman–Crippen LogP) is 5.06. The van der Waals surface area contributed by atoms with Crippen LogP contribution in [-0.2, 0) is 0 Å². The Bertz CT molecular complexity index is 1470. The van der Waals surface area contributed by atoms with Crippen LogP contribution in [0.15, 0.2) is 58.1 Å². The number of hydrogen-bond acceptors (Lipinski definition) is 4. The van der Waals surface area contributed by atoms with Crippen molar-refractivity contribution in [3.05, 3.63) is 69.2 Å². The van der Waals surface area contributed by atoms with E-state index >= 15 is 0 Å². The van der Waals surface area contributed by atoms with E-state index in [9.17, 15) is 9.59 Å². The standard InChI is InChI=1S/C20H9NO2S2/c22-19-13-9-5-1-3-7-11(9)17-16-15(13)14(20(23)21-19)10-6-2-4-8-12(10)18(16)25-24-17/h1-8H,(H,21,22,23). The Hall–Kier alpha value is -2.76. The number of pyridine rings is 1. The number of rotatable bonds is 0. The van der Waals surface area contributed by atoms with Crippen LogP contribution in [-0.4, -0.2) is 4.98 Å². The number of benzene rings is 4. The molecule has 118 valence electrons. The lowest BCUT2D eigenvalue weighted by molar-refractivity contribution is 1.23. The maximum absolute atomic E-state index is 12.7. The van der Waals surface area contributed by atoms with Gasteiger partial charge in [-0.3, -0.25) is 14.6 Å². The van der Waals surface area contributed by atoms with Crippen molar-refractivity contribution in [1.29, 1.82) is 0 Å². The van der Waals surface area contributed by atoms with Crippen molar-refractivity contribution < 1.29 is 0 Å². The minimum Gasteiger partial charge on any atom is -0.288 e. The summed E-state index contributed by atoms with van der Waals surface area (Å²) >= 11 is 0. The van der Waals surface area contributed by atoms with Gasteiger partial charge in [0.2, 0.25) is 0 Å². The Morgan fingerprint density at radius 1 is 0.560 bits per heavy atom. The van der Waals surface area contributed by atoms with Crippen LogP contribution >= 0.6 is 20.7 Å². The third kappa shape index (κ3) is 1.51. The largest absolute Gasteiger partial charge is 0.288 e. The van der Waals surface area contributed by atoms with Crippen LogP contribution in [0.5, 0.6) is 0 Å². The molecule has 0 aliphatic rings. The second-order valence-electron chi connectivity index (χ2n) is 6.20. The minimum absolute atomic E-state index is 0.302. The molecule has 2 heterocycles. The van der Waals surface area contributed by atoms with Crippen LogP contribution < -0.4 is 11.1 Å². The van der Waals surface area contributed by atoms with Gasteiger partial charge in [-0.1, -0.05) is 69.2 Å². The van der Waals surface area contributed by atoms with Crippen LogP contribution in [0.2, 0.25) is 0 Å². The third-order valence-electron chi connectivity index (χ3n) is 4.98. The van der Waals surface area contributed by atoms with Crippen LogP contribution in [0.25, 0.3) is 52.5 Å².